The predicted molar refractivity (Wildman–Crippen MR) is 159 cm³/mol. The lowest BCUT2D eigenvalue weighted by molar-refractivity contribution is 0.0693. The maximum Gasteiger partial charge on any atom is 0.340 e. The summed E-state index contributed by atoms with van der Waals surface area (Å²) >= 11 is 5.13. The van der Waals surface area contributed by atoms with E-state index in [1.54, 1.807) is 0 Å². The summed E-state index contributed by atoms with van der Waals surface area (Å²) in [4.78, 5) is 39.8. The van der Waals surface area contributed by atoms with Gasteiger partial charge in [0.25, 0.3) is 0 Å². The van der Waals surface area contributed by atoms with Gasteiger partial charge in [-0.1, -0.05) is 0 Å². The predicted octanol–water partition coefficient (Wildman–Crippen LogP) is 3.27. The number of nitrogens with zero attached hydrogens (tertiary/aromatic N) is 1. The number of thiocarbonyl (C=S) groups is 1. The minimum Gasteiger partial charge on any atom is -0.508 e. The van der Waals surface area contributed by atoms with Crippen LogP contribution in [0.15, 0.2) is 17.2 Å². The van der Waals surface area contributed by atoms with Crippen LogP contribution in [0.4, 0.5) is 0 Å². The van der Waals surface area contributed by atoms with Crippen molar-refractivity contribution in [3.63, 3.8) is 0 Å². The monoisotopic (exact) mass is 605 g/mol. The molecule has 13 heteroatoms. The molecular formula is C30H27N3O9S. The van der Waals surface area contributed by atoms with E-state index >= 15 is 0 Å². The summed E-state index contributed by atoms with van der Waals surface area (Å²) in [5.41, 5.74) is 1.32. The van der Waals surface area contributed by atoms with Crippen molar-refractivity contribution >= 4 is 41.1 Å². The van der Waals surface area contributed by atoms with E-state index in [4.69, 9.17) is 17.0 Å². The quantitative estimate of drug-likeness (QED) is 0.0997. The first-order valence-electron chi connectivity index (χ1n) is 13.1. The second kappa shape index (κ2) is 10.6. The molecule has 0 radical (unpaired) electrons. The molecule has 0 saturated carbocycles. The largest absolute Gasteiger partial charge is 0.508 e. The van der Waals surface area contributed by atoms with Gasteiger partial charge in [-0.2, -0.15) is 5.10 Å². The van der Waals surface area contributed by atoms with Gasteiger partial charge < -0.3 is 35.6 Å². The minimum absolute atomic E-state index is 0.00269. The van der Waals surface area contributed by atoms with Gasteiger partial charge in [0.1, 0.15) is 34.3 Å². The number of fused-ring (bicyclic) bond motifs is 5. The molecule has 3 aromatic carbocycles. The molecule has 5 rings (SSSR count). The van der Waals surface area contributed by atoms with E-state index in [2.05, 4.69) is 15.8 Å². The molecule has 0 amide bonds. The number of hydrazone groups is 1. The second-order valence-corrected chi connectivity index (χ2v) is 10.9. The average molecular weight is 606 g/mol. The summed E-state index contributed by atoms with van der Waals surface area (Å²) in [6.07, 6.45) is 1.62. The van der Waals surface area contributed by atoms with Crippen LogP contribution in [0.25, 0.3) is 11.1 Å². The fourth-order valence-corrected chi connectivity index (χ4v) is 5.91. The maximum atomic E-state index is 13.7. The number of aryl methyl sites for hydroxylation is 1. The van der Waals surface area contributed by atoms with Gasteiger partial charge in [-0.05, 0) is 63.5 Å². The Morgan fingerprint density at radius 3 is 2.30 bits per heavy atom. The molecule has 2 aliphatic rings. The third-order valence-corrected chi connectivity index (χ3v) is 7.70. The fourth-order valence-electron chi connectivity index (χ4n) is 5.62. The zero-order chi connectivity index (χ0) is 31.5. The van der Waals surface area contributed by atoms with Crippen molar-refractivity contribution in [2.24, 2.45) is 5.10 Å². The Bertz CT molecular complexity index is 1830. The summed E-state index contributed by atoms with van der Waals surface area (Å²) in [7, 11) is 1.27. The van der Waals surface area contributed by atoms with Crippen LogP contribution in [0, 0.1) is 6.92 Å². The van der Waals surface area contributed by atoms with Crippen LogP contribution in [0.2, 0.25) is 0 Å². The molecule has 7 N–H and O–H groups in total. The number of methoxy groups -OCH3 is 1. The van der Waals surface area contributed by atoms with E-state index < -0.39 is 51.7 Å². The first-order chi connectivity index (χ1) is 20.3. The molecular weight excluding hydrogens is 578 g/mol. The first-order valence-corrected chi connectivity index (χ1v) is 13.5. The summed E-state index contributed by atoms with van der Waals surface area (Å²) in [6.45, 7) is 5.13. The third-order valence-electron chi connectivity index (χ3n) is 7.49. The highest BCUT2D eigenvalue weighted by molar-refractivity contribution is 7.80. The van der Waals surface area contributed by atoms with Crippen LogP contribution in [0.3, 0.4) is 0 Å². The second-order valence-electron chi connectivity index (χ2n) is 10.5. The van der Waals surface area contributed by atoms with Crippen molar-refractivity contribution in [1.29, 1.82) is 0 Å². The molecule has 0 spiro atoms. The van der Waals surface area contributed by atoms with Crippen molar-refractivity contribution in [2.75, 3.05) is 7.11 Å². The molecule has 0 fully saturated rings. The lowest BCUT2D eigenvalue weighted by atomic mass is 9.74. The van der Waals surface area contributed by atoms with Crippen LogP contribution in [-0.2, 0) is 12.8 Å². The molecule has 0 heterocycles. The lowest BCUT2D eigenvalue weighted by Crippen LogP contribution is -2.36. The molecule has 2 aliphatic carbocycles. The third kappa shape index (κ3) is 4.48. The molecule has 12 nitrogen and oxygen atoms in total. The number of phenols is 4. The van der Waals surface area contributed by atoms with Gasteiger partial charge in [-0.25, -0.2) is 4.79 Å². The van der Waals surface area contributed by atoms with E-state index in [9.17, 15) is 39.9 Å². The molecule has 0 aromatic heterocycles. The van der Waals surface area contributed by atoms with Crippen molar-refractivity contribution in [3.05, 3.63) is 62.2 Å². The molecule has 0 saturated heterocycles. The van der Waals surface area contributed by atoms with E-state index in [-0.39, 0.29) is 74.3 Å². The standard InChI is InChI=1S/C30H27N3O9S/c1-10(2)32-30(43)33-31-9-13-7-12-5-6-14-19(17(12)25(37)18(13)29(40)41)26(38)21-22(28(14)42-4)27(39)20-15(24(21)36)8-16(34)11(3)23(20)35/h7-10,34-35,37-38H,5-6H2,1-4H3,(H,40,41)(H2,32,33,43)/b31-9+. The maximum absolute atomic E-state index is 13.7. The highest BCUT2D eigenvalue weighted by Gasteiger charge is 2.42. The Morgan fingerprint density at radius 1 is 0.977 bits per heavy atom. The van der Waals surface area contributed by atoms with E-state index in [1.165, 1.54) is 26.3 Å². The summed E-state index contributed by atoms with van der Waals surface area (Å²) in [5, 5.41) is 61.0. The number of carboxylic acid groups (broad SMARTS) is 1. The van der Waals surface area contributed by atoms with Gasteiger partial charge in [0.05, 0.1) is 30.0 Å². The Kier molecular flexibility index (Phi) is 7.22. The van der Waals surface area contributed by atoms with Crippen LogP contribution < -0.4 is 15.5 Å². The number of ketones is 2. The van der Waals surface area contributed by atoms with Crippen LogP contribution in [0.1, 0.15) is 78.3 Å². The van der Waals surface area contributed by atoms with E-state index in [0.717, 1.165) is 6.07 Å². The van der Waals surface area contributed by atoms with Crippen molar-refractivity contribution in [2.45, 2.75) is 39.7 Å². The van der Waals surface area contributed by atoms with Crippen LogP contribution >= 0.6 is 12.2 Å². The molecule has 0 atom stereocenters. The number of carboxylic acids is 1. The van der Waals surface area contributed by atoms with Gasteiger partial charge in [0.2, 0.25) is 5.78 Å². The van der Waals surface area contributed by atoms with Crippen LogP contribution in [0.5, 0.6) is 28.7 Å². The number of rotatable bonds is 5. The number of hydrogen-bond donors (Lipinski definition) is 7. The summed E-state index contributed by atoms with van der Waals surface area (Å²) < 4.78 is 5.59. The highest BCUT2D eigenvalue weighted by Crippen LogP contribution is 2.54. The first kappa shape index (κ1) is 29.3. The number of carbonyl (C=O) groups excluding carboxylic acids is 2. The normalized spacial score (nSPS) is 13.3. The minimum atomic E-state index is -1.48. The number of hydrogen-bond acceptors (Lipinski definition) is 10. The molecule has 0 unspecified atom stereocenters. The molecule has 3 aromatic rings. The van der Waals surface area contributed by atoms with Gasteiger partial charge in [0.15, 0.2) is 10.9 Å². The van der Waals surface area contributed by atoms with Crippen LogP contribution in [-0.4, -0.2) is 67.5 Å². The van der Waals surface area contributed by atoms with Crippen molar-refractivity contribution in [1.82, 2.24) is 10.7 Å². The molecule has 43 heavy (non-hydrogen) atoms. The molecule has 0 bridgehead atoms. The van der Waals surface area contributed by atoms with E-state index in [0.29, 0.717) is 5.56 Å². The lowest BCUT2D eigenvalue weighted by Gasteiger charge is -2.30. The van der Waals surface area contributed by atoms with Crippen molar-refractivity contribution in [3.8, 4) is 39.9 Å². The number of benzene rings is 3. The Labute approximate surface area is 250 Å². The SMILES string of the molecule is COc1c2c(c(O)c3c1C(=O)c1c(cc(O)c(C)c1O)C3=O)-c1c(cc(/C=N/NC(=S)NC(C)C)c(C(=O)O)c1O)CC2. The fraction of sp³-hybridized carbons (Fsp3) is 0.233. The van der Waals surface area contributed by atoms with Gasteiger partial charge in [-0.15, -0.1) is 0 Å². The number of nitrogens with one attached hydrogen (secondary N) is 2. The summed E-state index contributed by atoms with van der Waals surface area (Å²) in [6, 6.07) is 2.57. The zero-order valence-corrected chi connectivity index (χ0v) is 24.3. The number of carbonyl (C=O) groups is 3. The Hall–Kier alpha value is -5.17. The van der Waals surface area contributed by atoms with Gasteiger partial charge >= 0.3 is 5.97 Å². The van der Waals surface area contributed by atoms with Gasteiger partial charge in [-0.3, -0.25) is 15.0 Å². The van der Waals surface area contributed by atoms with Gasteiger partial charge in [0, 0.05) is 39.4 Å². The Balaban J connectivity index is 1.74. The highest BCUT2D eigenvalue weighted by atomic mass is 32.1. The number of aromatic hydroxyl groups is 4. The Morgan fingerprint density at radius 2 is 1.67 bits per heavy atom. The topological polar surface area (TPSA) is 198 Å². The number of phenolic OH excluding ortho intramolecular Hbond substituents is 3. The summed E-state index contributed by atoms with van der Waals surface area (Å²) in [5.74, 6) is -5.57. The van der Waals surface area contributed by atoms with E-state index in [1.807, 2.05) is 13.8 Å². The van der Waals surface area contributed by atoms with Crippen molar-refractivity contribution < 1.29 is 44.7 Å². The molecule has 222 valence electrons. The number of aromatic carboxylic acids is 1. The smallest absolute Gasteiger partial charge is 0.340 e. The zero-order valence-electron chi connectivity index (χ0n) is 23.4. The average Bonchev–Trinajstić information content (AvgIpc) is 2.93. The molecule has 0 aliphatic heterocycles. The number of ether oxygens (including phenoxy) is 1.